The molecule has 0 saturated heterocycles. The number of benzene rings is 2. The number of rotatable bonds is 3. The van der Waals surface area contributed by atoms with Crippen molar-refractivity contribution in [2.45, 2.75) is 6.43 Å². The Morgan fingerprint density at radius 1 is 0.880 bits per heavy atom. The first-order chi connectivity index (χ1) is 12.1. The number of hydrogen-bond donors (Lipinski definition) is 0. The first-order valence-corrected chi connectivity index (χ1v) is 7.47. The van der Waals surface area contributed by atoms with Crippen LogP contribution in [0.3, 0.4) is 0 Å². The Hall–Kier alpha value is -3.22. The highest BCUT2D eigenvalue weighted by atomic mass is 19.3. The molecular weight excluding hydrogens is 329 g/mol. The van der Waals surface area contributed by atoms with Crippen LogP contribution in [0.4, 0.5) is 13.2 Å². The third-order valence-electron chi connectivity index (χ3n) is 3.79. The summed E-state index contributed by atoms with van der Waals surface area (Å²) in [5.41, 5.74) is 1.48. The van der Waals surface area contributed by atoms with Crippen LogP contribution in [0.5, 0.6) is 0 Å². The predicted molar refractivity (Wildman–Crippen MR) is 87.0 cm³/mol. The molecule has 4 nitrogen and oxygen atoms in total. The molecule has 2 aromatic carbocycles. The monoisotopic (exact) mass is 340 g/mol. The summed E-state index contributed by atoms with van der Waals surface area (Å²) in [4.78, 5) is 8.17. The molecule has 0 fully saturated rings. The van der Waals surface area contributed by atoms with Crippen LogP contribution in [0.25, 0.3) is 28.0 Å². The summed E-state index contributed by atoms with van der Waals surface area (Å²) in [7, 11) is 0. The molecule has 0 amide bonds. The van der Waals surface area contributed by atoms with Gasteiger partial charge in [0, 0.05) is 24.0 Å². The second-order valence-electron chi connectivity index (χ2n) is 5.38. The number of halogens is 3. The molecule has 0 aliphatic rings. The van der Waals surface area contributed by atoms with Gasteiger partial charge in [-0.1, -0.05) is 30.3 Å². The van der Waals surface area contributed by atoms with Crippen molar-refractivity contribution < 1.29 is 13.2 Å². The van der Waals surface area contributed by atoms with E-state index in [1.807, 2.05) is 6.07 Å². The Morgan fingerprint density at radius 2 is 1.56 bits per heavy atom. The number of aromatic nitrogens is 4. The van der Waals surface area contributed by atoms with E-state index in [1.54, 1.807) is 24.3 Å². The van der Waals surface area contributed by atoms with Crippen molar-refractivity contribution in [3.63, 3.8) is 0 Å². The quantitative estimate of drug-likeness (QED) is 0.549. The van der Waals surface area contributed by atoms with Gasteiger partial charge in [-0.05, 0) is 12.1 Å². The first kappa shape index (κ1) is 15.3. The molecular formula is C18H11F3N4. The second-order valence-corrected chi connectivity index (χ2v) is 5.38. The molecule has 4 aromatic rings. The fraction of sp³-hybridized carbons (Fsp3) is 0.0556. The average molecular weight is 340 g/mol. The van der Waals surface area contributed by atoms with E-state index in [0.717, 1.165) is 0 Å². The van der Waals surface area contributed by atoms with Gasteiger partial charge in [0.15, 0.2) is 5.82 Å². The third kappa shape index (κ3) is 2.73. The van der Waals surface area contributed by atoms with Crippen molar-refractivity contribution in [2.24, 2.45) is 0 Å². The lowest BCUT2D eigenvalue weighted by atomic mass is 10.1. The standard InChI is InChI=1S/C18H11F3N4/c19-12-8-13-14(23-7-6-22-13)9-17(12)25-16(10-15(24-25)18(20)21)11-4-2-1-3-5-11/h1-10,18H. The molecule has 0 atom stereocenters. The lowest BCUT2D eigenvalue weighted by Gasteiger charge is -2.09. The van der Waals surface area contributed by atoms with Crippen LogP contribution in [0.1, 0.15) is 12.1 Å². The highest BCUT2D eigenvalue weighted by Gasteiger charge is 2.20. The Labute approximate surface area is 140 Å². The lowest BCUT2D eigenvalue weighted by molar-refractivity contribution is 0.145. The van der Waals surface area contributed by atoms with Crippen LogP contribution in [0, 0.1) is 5.82 Å². The van der Waals surface area contributed by atoms with E-state index in [2.05, 4.69) is 15.1 Å². The van der Waals surface area contributed by atoms with Gasteiger partial charge in [-0.25, -0.2) is 17.9 Å². The van der Waals surface area contributed by atoms with Gasteiger partial charge in [-0.3, -0.25) is 9.97 Å². The van der Waals surface area contributed by atoms with Gasteiger partial charge in [-0.2, -0.15) is 5.10 Å². The molecule has 25 heavy (non-hydrogen) atoms. The summed E-state index contributed by atoms with van der Waals surface area (Å²) >= 11 is 0. The molecule has 0 aliphatic carbocycles. The first-order valence-electron chi connectivity index (χ1n) is 7.47. The Bertz CT molecular complexity index is 1040. The molecule has 0 spiro atoms. The maximum atomic E-state index is 14.6. The van der Waals surface area contributed by atoms with Crippen molar-refractivity contribution in [2.75, 3.05) is 0 Å². The topological polar surface area (TPSA) is 43.6 Å². The van der Waals surface area contributed by atoms with Crippen molar-refractivity contribution in [3.05, 3.63) is 72.4 Å². The number of hydrogen-bond acceptors (Lipinski definition) is 3. The molecule has 0 radical (unpaired) electrons. The summed E-state index contributed by atoms with van der Waals surface area (Å²) in [5, 5.41) is 3.90. The van der Waals surface area contributed by atoms with Crippen molar-refractivity contribution in [1.29, 1.82) is 0 Å². The minimum atomic E-state index is -2.76. The van der Waals surface area contributed by atoms with Crippen LogP contribution >= 0.6 is 0 Å². The maximum absolute atomic E-state index is 14.6. The summed E-state index contributed by atoms with van der Waals surface area (Å²) < 4.78 is 42.1. The molecule has 0 bridgehead atoms. The average Bonchev–Trinajstić information content (AvgIpc) is 3.07. The van der Waals surface area contributed by atoms with E-state index >= 15 is 0 Å². The molecule has 2 aromatic heterocycles. The highest BCUT2D eigenvalue weighted by Crippen LogP contribution is 2.30. The molecule has 0 saturated carbocycles. The van der Waals surface area contributed by atoms with Crippen LogP contribution in [-0.4, -0.2) is 19.7 Å². The number of fused-ring (bicyclic) bond motifs is 1. The molecule has 0 unspecified atom stereocenters. The van der Waals surface area contributed by atoms with Crippen molar-refractivity contribution in [1.82, 2.24) is 19.7 Å². The maximum Gasteiger partial charge on any atom is 0.282 e. The summed E-state index contributed by atoms with van der Waals surface area (Å²) in [6.45, 7) is 0. The Kier molecular flexibility index (Phi) is 3.68. The minimum absolute atomic E-state index is 0.0405. The predicted octanol–water partition coefficient (Wildman–Crippen LogP) is 4.56. The van der Waals surface area contributed by atoms with Crippen molar-refractivity contribution >= 4 is 11.0 Å². The van der Waals surface area contributed by atoms with Crippen LogP contribution in [0.15, 0.2) is 60.9 Å². The fourth-order valence-corrected chi connectivity index (χ4v) is 2.64. The normalized spacial score (nSPS) is 11.4. The van der Waals surface area contributed by atoms with E-state index in [9.17, 15) is 13.2 Å². The number of nitrogens with zero attached hydrogens (tertiary/aromatic N) is 4. The van der Waals surface area contributed by atoms with Gasteiger partial charge in [0.05, 0.1) is 16.7 Å². The molecule has 7 heteroatoms. The zero-order valence-corrected chi connectivity index (χ0v) is 12.8. The molecule has 2 heterocycles. The van der Waals surface area contributed by atoms with Crippen LogP contribution < -0.4 is 0 Å². The van der Waals surface area contributed by atoms with E-state index in [1.165, 1.54) is 35.3 Å². The van der Waals surface area contributed by atoms with Gasteiger partial charge in [0.1, 0.15) is 11.4 Å². The van der Waals surface area contributed by atoms with Gasteiger partial charge in [0.25, 0.3) is 6.43 Å². The molecule has 4 rings (SSSR count). The zero-order valence-electron chi connectivity index (χ0n) is 12.8. The Morgan fingerprint density at radius 3 is 2.24 bits per heavy atom. The van der Waals surface area contributed by atoms with Gasteiger partial charge >= 0.3 is 0 Å². The second kappa shape index (κ2) is 6.01. The SMILES string of the molecule is Fc1cc2nccnc2cc1-n1nc(C(F)F)cc1-c1ccccc1. The van der Waals surface area contributed by atoms with Crippen LogP contribution in [-0.2, 0) is 0 Å². The fourth-order valence-electron chi connectivity index (χ4n) is 2.64. The van der Waals surface area contributed by atoms with Gasteiger partial charge < -0.3 is 0 Å². The van der Waals surface area contributed by atoms with Gasteiger partial charge in [-0.15, -0.1) is 0 Å². The van der Waals surface area contributed by atoms with E-state index < -0.39 is 17.9 Å². The third-order valence-corrected chi connectivity index (χ3v) is 3.79. The summed E-state index contributed by atoms with van der Waals surface area (Å²) in [5.74, 6) is -0.617. The van der Waals surface area contributed by atoms with Gasteiger partial charge in [0.2, 0.25) is 0 Å². The largest absolute Gasteiger partial charge is 0.282 e. The van der Waals surface area contributed by atoms with Crippen LogP contribution in [0.2, 0.25) is 0 Å². The minimum Gasteiger partial charge on any atom is -0.253 e. The van der Waals surface area contributed by atoms with E-state index in [-0.39, 0.29) is 5.69 Å². The Balaban J connectivity index is 1.97. The molecule has 0 N–H and O–H groups in total. The molecule has 0 aliphatic heterocycles. The van der Waals surface area contributed by atoms with Crippen molar-refractivity contribution in [3.8, 4) is 16.9 Å². The summed E-state index contributed by atoms with van der Waals surface area (Å²) in [6, 6.07) is 12.8. The summed E-state index contributed by atoms with van der Waals surface area (Å²) in [6.07, 6.45) is 0.183. The molecule has 124 valence electrons. The zero-order chi connectivity index (χ0) is 17.4. The number of alkyl halides is 2. The smallest absolute Gasteiger partial charge is 0.253 e. The highest BCUT2D eigenvalue weighted by molar-refractivity contribution is 5.77. The van der Waals surface area contributed by atoms with E-state index in [4.69, 9.17) is 0 Å². The van der Waals surface area contributed by atoms with E-state index in [0.29, 0.717) is 22.3 Å². The lowest BCUT2D eigenvalue weighted by Crippen LogP contribution is -2.03.